The first kappa shape index (κ1) is 40.8. The van der Waals surface area contributed by atoms with Crippen molar-refractivity contribution in [3.05, 3.63) is 104 Å². The summed E-state index contributed by atoms with van der Waals surface area (Å²) in [6.07, 6.45) is 14.1. The van der Waals surface area contributed by atoms with Crippen LogP contribution in [0.2, 0.25) is 0 Å². The predicted molar refractivity (Wildman–Crippen MR) is 215 cm³/mol. The topological polar surface area (TPSA) is 137 Å². The molecule has 0 amide bonds. The van der Waals surface area contributed by atoms with E-state index >= 15 is 0 Å². The van der Waals surface area contributed by atoms with Crippen molar-refractivity contribution in [3.8, 4) is 0 Å². The molecule has 11 nitrogen and oxygen atoms in total. The van der Waals surface area contributed by atoms with Gasteiger partial charge in [-0.05, 0) is 77.9 Å². The molecular weight excluding hydrogens is 882 g/mol. The quantitative estimate of drug-likeness (QED) is 0.175. The number of hydrogen-bond acceptors (Lipinski definition) is 6. The average Bonchev–Trinajstić information content (AvgIpc) is 3.74. The lowest BCUT2D eigenvalue weighted by Gasteiger charge is -2.12. The standard InChI is InChI=1S/2C12H14BrN3OS.C8H8BrN3.ClH/c2*1-12(2,3)18(17)15-7-10-11-6-9(13)4-5-16(11)8-14-10;9-6-1-2-12-5-11-7(4-10)8(12)3-6;/h2*4-8H,1-3H3;1-3,5H,4,10H2;1H. The fourth-order valence-corrected chi connectivity index (χ4v) is 5.88. The van der Waals surface area contributed by atoms with E-state index in [1.807, 2.05) is 110 Å². The maximum absolute atomic E-state index is 11.8. The summed E-state index contributed by atoms with van der Waals surface area (Å²) in [5, 5.41) is 0. The molecular formula is C32H37Br3ClN9O2S2. The zero-order valence-electron chi connectivity index (χ0n) is 27.6. The highest BCUT2D eigenvalue weighted by atomic mass is 79.9. The summed E-state index contributed by atoms with van der Waals surface area (Å²) in [6, 6.07) is 11.7. The van der Waals surface area contributed by atoms with E-state index in [0.29, 0.717) is 17.9 Å². The summed E-state index contributed by atoms with van der Waals surface area (Å²) in [4.78, 5) is 12.7. The Labute approximate surface area is 321 Å². The molecule has 6 aromatic rings. The molecule has 0 saturated carbocycles. The van der Waals surface area contributed by atoms with Crippen molar-refractivity contribution in [2.45, 2.75) is 57.6 Å². The Morgan fingerprint density at radius 1 is 0.673 bits per heavy atom. The normalized spacial score (nSPS) is 13.3. The first-order chi connectivity index (χ1) is 22.6. The molecule has 6 aromatic heterocycles. The van der Waals surface area contributed by atoms with Gasteiger partial charge in [0.15, 0.2) is 0 Å². The molecule has 2 atom stereocenters. The second-order valence-electron chi connectivity index (χ2n) is 12.3. The molecule has 0 bridgehead atoms. The molecule has 0 saturated heterocycles. The van der Waals surface area contributed by atoms with Crippen LogP contribution in [0.1, 0.15) is 58.6 Å². The molecule has 2 N–H and O–H groups in total. The molecule has 0 fully saturated rings. The van der Waals surface area contributed by atoms with Crippen molar-refractivity contribution in [2.75, 3.05) is 0 Å². The van der Waals surface area contributed by atoms with E-state index in [1.54, 1.807) is 31.4 Å². The molecule has 2 unspecified atom stereocenters. The van der Waals surface area contributed by atoms with Gasteiger partial charge in [0.25, 0.3) is 0 Å². The van der Waals surface area contributed by atoms with E-state index in [0.717, 1.165) is 35.7 Å². The van der Waals surface area contributed by atoms with E-state index in [9.17, 15) is 8.42 Å². The Morgan fingerprint density at radius 2 is 1.02 bits per heavy atom. The summed E-state index contributed by atoms with van der Waals surface area (Å²) >= 11 is 10.2. The molecule has 0 spiro atoms. The smallest absolute Gasteiger partial charge is 0.144 e. The highest BCUT2D eigenvalue weighted by Gasteiger charge is 2.19. The number of pyridine rings is 3. The molecule has 262 valence electrons. The number of nitrogens with zero attached hydrogens (tertiary/aromatic N) is 8. The minimum Gasteiger partial charge on any atom is -0.325 e. The molecule has 0 aliphatic carbocycles. The van der Waals surface area contributed by atoms with Crippen molar-refractivity contribution in [1.29, 1.82) is 0 Å². The van der Waals surface area contributed by atoms with Crippen LogP contribution in [0.25, 0.3) is 16.6 Å². The second kappa shape index (κ2) is 17.6. The SMILES string of the molecule is CC(C)(C)S(=O)N=Cc1ncn2ccc(Br)cc12.CC(C)(C)S(=O)N=Cc1ncn2ccc(Br)cc12.Cl.NCc1ncn2ccc(Br)cc12. The Hall–Kier alpha value is -2.60. The van der Waals surface area contributed by atoms with Gasteiger partial charge >= 0.3 is 0 Å². The van der Waals surface area contributed by atoms with E-state index < -0.39 is 22.0 Å². The van der Waals surface area contributed by atoms with Gasteiger partial charge in [-0.3, -0.25) is 0 Å². The maximum atomic E-state index is 11.8. The lowest BCUT2D eigenvalue weighted by atomic mass is 10.3. The minimum atomic E-state index is -1.26. The minimum absolute atomic E-state index is 0. The first-order valence-corrected chi connectivity index (χ1v) is 19.1. The van der Waals surface area contributed by atoms with Crippen LogP contribution in [-0.4, -0.2) is 58.5 Å². The van der Waals surface area contributed by atoms with Gasteiger partial charge in [-0.15, -0.1) is 12.4 Å². The van der Waals surface area contributed by atoms with Crippen molar-refractivity contribution in [1.82, 2.24) is 28.2 Å². The van der Waals surface area contributed by atoms with Gasteiger partial charge in [0.05, 0.1) is 63.1 Å². The van der Waals surface area contributed by atoms with Gasteiger partial charge < -0.3 is 18.9 Å². The number of imidazole rings is 3. The van der Waals surface area contributed by atoms with Gasteiger partial charge in [0.2, 0.25) is 0 Å². The van der Waals surface area contributed by atoms with Crippen molar-refractivity contribution in [3.63, 3.8) is 0 Å². The van der Waals surface area contributed by atoms with Gasteiger partial charge in [-0.2, -0.15) is 8.80 Å². The number of halogens is 4. The molecule has 6 rings (SSSR count). The monoisotopic (exact) mass is 915 g/mol. The van der Waals surface area contributed by atoms with Crippen LogP contribution in [0.15, 0.2) is 96.2 Å². The van der Waals surface area contributed by atoms with Crippen LogP contribution in [0, 0.1) is 0 Å². The van der Waals surface area contributed by atoms with Crippen molar-refractivity contribution in [2.24, 2.45) is 14.5 Å². The van der Waals surface area contributed by atoms with Gasteiger partial charge in [0.1, 0.15) is 33.4 Å². The van der Waals surface area contributed by atoms with E-state index in [-0.39, 0.29) is 21.9 Å². The number of hydrogen-bond donors (Lipinski definition) is 1. The van der Waals surface area contributed by atoms with Crippen LogP contribution in [0.4, 0.5) is 0 Å². The second-order valence-corrected chi connectivity index (χ2v) is 18.9. The van der Waals surface area contributed by atoms with Gasteiger partial charge in [-0.25, -0.2) is 23.4 Å². The molecule has 0 aromatic carbocycles. The zero-order chi connectivity index (χ0) is 35.2. The molecule has 0 aliphatic heterocycles. The third-order valence-corrected chi connectivity index (χ3v) is 10.6. The molecule has 17 heteroatoms. The maximum Gasteiger partial charge on any atom is 0.144 e. The molecule has 49 heavy (non-hydrogen) atoms. The first-order valence-electron chi connectivity index (χ1n) is 14.5. The summed E-state index contributed by atoms with van der Waals surface area (Å²) in [7, 11) is -2.52. The van der Waals surface area contributed by atoms with E-state index in [1.165, 1.54) is 0 Å². The van der Waals surface area contributed by atoms with Crippen LogP contribution < -0.4 is 5.73 Å². The fourth-order valence-electron chi connectivity index (χ4n) is 3.85. The Morgan fingerprint density at radius 3 is 1.39 bits per heavy atom. The van der Waals surface area contributed by atoms with E-state index in [2.05, 4.69) is 71.5 Å². The summed E-state index contributed by atoms with van der Waals surface area (Å²) in [5.74, 6) is 0. The van der Waals surface area contributed by atoms with Gasteiger partial charge in [-0.1, -0.05) is 47.8 Å². The largest absolute Gasteiger partial charge is 0.325 e. The van der Waals surface area contributed by atoms with Crippen LogP contribution >= 0.6 is 60.2 Å². The fraction of sp³-hybridized carbons (Fsp3) is 0.281. The molecule has 6 heterocycles. The summed E-state index contributed by atoms with van der Waals surface area (Å²) in [5.41, 5.74) is 10.8. The third kappa shape index (κ3) is 11.2. The summed E-state index contributed by atoms with van der Waals surface area (Å²) in [6.45, 7) is 11.8. The Kier molecular flexibility index (Phi) is 14.6. The van der Waals surface area contributed by atoms with Crippen molar-refractivity contribution >= 4 is 111 Å². The van der Waals surface area contributed by atoms with Crippen LogP contribution in [0.3, 0.4) is 0 Å². The lowest BCUT2D eigenvalue weighted by Crippen LogP contribution is -2.19. The Bertz CT molecular complexity index is 2040. The van der Waals surface area contributed by atoms with Gasteiger partial charge in [0, 0.05) is 38.6 Å². The van der Waals surface area contributed by atoms with E-state index in [4.69, 9.17) is 5.73 Å². The highest BCUT2D eigenvalue weighted by molar-refractivity contribution is 9.11. The van der Waals surface area contributed by atoms with Crippen LogP contribution in [-0.2, 0) is 28.5 Å². The lowest BCUT2D eigenvalue weighted by molar-refractivity contribution is 0.650. The molecule has 0 aliphatic rings. The third-order valence-electron chi connectivity index (χ3n) is 6.42. The number of aromatic nitrogens is 6. The average molecular weight is 919 g/mol. The number of nitrogens with two attached hydrogens (primary N) is 1. The Balaban J connectivity index is 0.000000201. The zero-order valence-corrected chi connectivity index (χ0v) is 34.8. The number of fused-ring (bicyclic) bond motifs is 3. The highest BCUT2D eigenvalue weighted by Crippen LogP contribution is 2.19. The van der Waals surface area contributed by atoms with Crippen LogP contribution in [0.5, 0.6) is 0 Å². The van der Waals surface area contributed by atoms with Crippen molar-refractivity contribution < 1.29 is 8.42 Å². The molecule has 0 radical (unpaired) electrons. The number of rotatable bonds is 5. The summed E-state index contributed by atoms with van der Waals surface area (Å²) < 4.78 is 39.8. The predicted octanol–water partition coefficient (Wildman–Crippen LogP) is 7.93.